The van der Waals surface area contributed by atoms with Crippen molar-refractivity contribution < 1.29 is 14.4 Å². The van der Waals surface area contributed by atoms with Gasteiger partial charge in [0.25, 0.3) is 0 Å². The molecule has 1 aliphatic carbocycles. The lowest BCUT2D eigenvalue weighted by Gasteiger charge is -2.30. The lowest BCUT2D eigenvalue weighted by Crippen LogP contribution is -2.61. The smallest absolute Gasteiger partial charge is 0.239 e. The average Bonchev–Trinajstić information content (AvgIpc) is 3.04. The molecule has 18 heavy (non-hydrogen) atoms. The standard InChI is InChI=1S/C12H19N3O3/c1-11(2)5-8(16)15(10(11)18)6-12(14,9(13)17)7-3-4-7/h7H,3-6,14H2,1-2H3,(H2,13,17). The molecule has 1 saturated carbocycles. The Kier molecular flexibility index (Phi) is 2.73. The van der Waals surface area contributed by atoms with Gasteiger partial charge in [0.15, 0.2) is 0 Å². The monoisotopic (exact) mass is 253 g/mol. The molecule has 1 heterocycles. The van der Waals surface area contributed by atoms with Gasteiger partial charge in [0.1, 0.15) is 5.54 Å². The van der Waals surface area contributed by atoms with Crippen LogP contribution in [0.2, 0.25) is 0 Å². The molecule has 100 valence electrons. The molecule has 1 saturated heterocycles. The van der Waals surface area contributed by atoms with E-state index >= 15 is 0 Å². The zero-order valence-corrected chi connectivity index (χ0v) is 10.7. The van der Waals surface area contributed by atoms with Crippen molar-refractivity contribution in [1.29, 1.82) is 0 Å². The van der Waals surface area contributed by atoms with Gasteiger partial charge in [-0.1, -0.05) is 13.8 Å². The molecule has 3 amide bonds. The van der Waals surface area contributed by atoms with Crippen molar-refractivity contribution in [3.05, 3.63) is 0 Å². The number of hydrogen-bond donors (Lipinski definition) is 2. The summed E-state index contributed by atoms with van der Waals surface area (Å²) in [5.74, 6) is -1.21. The minimum Gasteiger partial charge on any atom is -0.368 e. The quantitative estimate of drug-likeness (QED) is 0.650. The Labute approximate surface area is 106 Å². The predicted octanol–water partition coefficient (Wildman–Crippen LogP) is -0.636. The van der Waals surface area contributed by atoms with Crippen LogP contribution >= 0.6 is 0 Å². The van der Waals surface area contributed by atoms with Gasteiger partial charge in [0.05, 0.1) is 12.0 Å². The molecule has 0 radical (unpaired) electrons. The largest absolute Gasteiger partial charge is 0.368 e. The summed E-state index contributed by atoms with van der Waals surface area (Å²) >= 11 is 0. The molecule has 1 unspecified atom stereocenters. The van der Waals surface area contributed by atoms with E-state index in [9.17, 15) is 14.4 Å². The number of rotatable bonds is 4. The molecule has 4 N–H and O–H groups in total. The molecule has 2 fully saturated rings. The average molecular weight is 253 g/mol. The number of imide groups is 1. The van der Waals surface area contributed by atoms with Crippen LogP contribution in [0.1, 0.15) is 33.1 Å². The predicted molar refractivity (Wildman–Crippen MR) is 64.0 cm³/mol. The highest BCUT2D eigenvalue weighted by Gasteiger charge is 2.53. The summed E-state index contributed by atoms with van der Waals surface area (Å²) in [7, 11) is 0. The Hall–Kier alpha value is -1.43. The van der Waals surface area contributed by atoms with E-state index in [4.69, 9.17) is 11.5 Å². The van der Waals surface area contributed by atoms with E-state index in [0.717, 1.165) is 17.7 Å². The molecule has 0 aromatic carbocycles. The van der Waals surface area contributed by atoms with Crippen molar-refractivity contribution in [3.8, 4) is 0 Å². The third-order valence-corrected chi connectivity index (χ3v) is 3.90. The van der Waals surface area contributed by atoms with Gasteiger partial charge in [-0.15, -0.1) is 0 Å². The van der Waals surface area contributed by atoms with E-state index in [2.05, 4.69) is 0 Å². The van der Waals surface area contributed by atoms with Gasteiger partial charge in [-0.3, -0.25) is 19.3 Å². The molecule has 1 atom stereocenters. The van der Waals surface area contributed by atoms with Gasteiger partial charge in [0.2, 0.25) is 17.7 Å². The lowest BCUT2D eigenvalue weighted by molar-refractivity contribution is -0.142. The topological polar surface area (TPSA) is 106 Å². The first-order valence-electron chi connectivity index (χ1n) is 6.12. The van der Waals surface area contributed by atoms with Crippen molar-refractivity contribution in [2.24, 2.45) is 22.8 Å². The van der Waals surface area contributed by atoms with Crippen LogP contribution in [-0.2, 0) is 14.4 Å². The van der Waals surface area contributed by atoms with Gasteiger partial charge in [-0.05, 0) is 18.8 Å². The number of carbonyl (C=O) groups is 3. The van der Waals surface area contributed by atoms with Gasteiger partial charge in [-0.25, -0.2) is 0 Å². The van der Waals surface area contributed by atoms with Gasteiger partial charge in [-0.2, -0.15) is 0 Å². The molecule has 0 spiro atoms. The fourth-order valence-electron chi connectivity index (χ4n) is 2.46. The number of carbonyl (C=O) groups excluding carboxylic acids is 3. The van der Waals surface area contributed by atoms with Crippen LogP contribution in [-0.4, -0.2) is 34.7 Å². The zero-order chi connectivity index (χ0) is 13.7. The number of primary amides is 1. The maximum atomic E-state index is 12.1. The summed E-state index contributed by atoms with van der Waals surface area (Å²) < 4.78 is 0. The molecule has 0 bridgehead atoms. The van der Waals surface area contributed by atoms with Crippen LogP contribution in [0.25, 0.3) is 0 Å². The molecule has 1 aliphatic heterocycles. The van der Waals surface area contributed by atoms with E-state index in [-0.39, 0.29) is 30.7 Å². The third-order valence-electron chi connectivity index (χ3n) is 3.90. The Morgan fingerprint density at radius 3 is 2.33 bits per heavy atom. The first-order chi connectivity index (χ1) is 8.18. The van der Waals surface area contributed by atoms with Gasteiger partial charge < -0.3 is 11.5 Å². The van der Waals surface area contributed by atoms with Crippen molar-refractivity contribution in [2.45, 2.75) is 38.6 Å². The summed E-state index contributed by atoms with van der Waals surface area (Å²) in [6.45, 7) is 3.34. The Balaban J connectivity index is 2.20. The first kappa shape index (κ1) is 13.0. The van der Waals surface area contributed by atoms with E-state index in [1.54, 1.807) is 13.8 Å². The Morgan fingerprint density at radius 1 is 1.44 bits per heavy atom. The highest BCUT2D eigenvalue weighted by atomic mass is 16.2. The molecule has 2 aliphatic rings. The van der Waals surface area contributed by atoms with Crippen LogP contribution in [0.5, 0.6) is 0 Å². The highest BCUT2D eigenvalue weighted by molar-refractivity contribution is 6.06. The molecular formula is C12H19N3O3. The second-order valence-corrected chi connectivity index (χ2v) is 6.02. The van der Waals surface area contributed by atoms with E-state index in [0.29, 0.717) is 0 Å². The molecule has 2 rings (SSSR count). The van der Waals surface area contributed by atoms with Crippen LogP contribution in [0.3, 0.4) is 0 Å². The number of nitrogens with zero attached hydrogens (tertiary/aromatic N) is 1. The Morgan fingerprint density at radius 2 is 2.00 bits per heavy atom. The summed E-state index contributed by atoms with van der Waals surface area (Å²) in [5, 5.41) is 0. The first-order valence-corrected chi connectivity index (χ1v) is 6.12. The van der Waals surface area contributed by atoms with Crippen molar-refractivity contribution in [1.82, 2.24) is 4.90 Å². The van der Waals surface area contributed by atoms with Crippen molar-refractivity contribution in [3.63, 3.8) is 0 Å². The summed E-state index contributed by atoms with van der Waals surface area (Å²) in [6, 6.07) is 0. The summed E-state index contributed by atoms with van der Waals surface area (Å²) in [4.78, 5) is 36.5. The fraction of sp³-hybridized carbons (Fsp3) is 0.750. The van der Waals surface area contributed by atoms with Crippen LogP contribution in [0.4, 0.5) is 0 Å². The van der Waals surface area contributed by atoms with E-state index < -0.39 is 16.9 Å². The number of likely N-dealkylation sites (tertiary alicyclic amines) is 1. The van der Waals surface area contributed by atoms with E-state index in [1.807, 2.05) is 0 Å². The number of nitrogens with two attached hydrogens (primary N) is 2. The second kappa shape index (κ2) is 3.78. The lowest BCUT2D eigenvalue weighted by atomic mass is 9.91. The normalized spacial score (nSPS) is 26.3. The molecule has 6 nitrogen and oxygen atoms in total. The molecule has 6 heteroatoms. The van der Waals surface area contributed by atoms with Crippen molar-refractivity contribution in [2.75, 3.05) is 6.54 Å². The van der Waals surface area contributed by atoms with Gasteiger partial charge in [0, 0.05) is 6.42 Å². The molecule has 0 aromatic heterocycles. The van der Waals surface area contributed by atoms with Crippen LogP contribution in [0, 0.1) is 11.3 Å². The number of hydrogen-bond acceptors (Lipinski definition) is 4. The SMILES string of the molecule is CC1(C)CC(=O)N(CC(N)(C(N)=O)C2CC2)C1=O. The number of amides is 3. The van der Waals surface area contributed by atoms with Crippen molar-refractivity contribution >= 4 is 17.7 Å². The third kappa shape index (κ3) is 1.90. The maximum Gasteiger partial charge on any atom is 0.239 e. The second-order valence-electron chi connectivity index (χ2n) is 6.02. The summed E-state index contributed by atoms with van der Waals surface area (Å²) in [6.07, 6.45) is 1.80. The Bertz CT molecular complexity index is 428. The summed E-state index contributed by atoms with van der Waals surface area (Å²) in [5.41, 5.74) is 9.37. The van der Waals surface area contributed by atoms with Crippen LogP contribution in [0.15, 0.2) is 0 Å². The van der Waals surface area contributed by atoms with E-state index in [1.165, 1.54) is 0 Å². The van der Waals surface area contributed by atoms with Crippen LogP contribution < -0.4 is 11.5 Å². The molecular weight excluding hydrogens is 234 g/mol. The van der Waals surface area contributed by atoms with Gasteiger partial charge >= 0.3 is 0 Å². The zero-order valence-electron chi connectivity index (χ0n) is 10.7. The minimum absolute atomic E-state index is 0.0145. The molecule has 0 aromatic rings. The fourth-order valence-corrected chi connectivity index (χ4v) is 2.46. The highest BCUT2D eigenvalue weighted by Crippen LogP contribution is 2.40. The minimum atomic E-state index is -1.27. The maximum absolute atomic E-state index is 12.1.